The number of carbonyl (C=O) groups excluding carboxylic acids is 3. The quantitative estimate of drug-likeness (QED) is 0.639. The van der Waals surface area contributed by atoms with Crippen LogP contribution in [0, 0.1) is 0 Å². The van der Waals surface area contributed by atoms with Gasteiger partial charge in [-0.2, -0.15) is 0 Å². The van der Waals surface area contributed by atoms with Gasteiger partial charge >= 0.3 is 5.97 Å². The molecular formula is C19H16N2O5. The summed E-state index contributed by atoms with van der Waals surface area (Å²) in [6.07, 6.45) is 0. The normalized spacial score (nSPS) is 12.7. The molecule has 0 fully saturated rings. The number of carboxylic acid groups (broad SMARTS) is 1. The van der Waals surface area contributed by atoms with Crippen LogP contribution in [0.15, 0.2) is 42.5 Å². The average Bonchev–Trinajstić information content (AvgIpc) is 2.92. The van der Waals surface area contributed by atoms with Gasteiger partial charge in [-0.05, 0) is 18.6 Å². The number of amides is 2. The second-order valence-electron chi connectivity index (χ2n) is 5.91. The first-order chi connectivity index (χ1) is 12.4. The number of carboxylic acids is 1. The van der Waals surface area contributed by atoms with E-state index in [1.165, 1.54) is 6.92 Å². The van der Waals surface area contributed by atoms with Crippen molar-refractivity contribution >= 4 is 23.6 Å². The maximum absolute atomic E-state index is 12.7. The molecule has 0 radical (unpaired) electrons. The molecule has 0 saturated carbocycles. The molecule has 3 N–H and O–H groups in total. The zero-order valence-corrected chi connectivity index (χ0v) is 13.9. The minimum Gasteiger partial charge on any atom is -0.480 e. The lowest BCUT2D eigenvalue weighted by molar-refractivity contribution is -0.138. The minimum absolute atomic E-state index is 0.141. The molecule has 0 saturated heterocycles. The molecule has 1 unspecified atom stereocenters. The number of carbonyl (C=O) groups is 4. The van der Waals surface area contributed by atoms with E-state index < -0.39 is 30.4 Å². The summed E-state index contributed by atoms with van der Waals surface area (Å²) in [5, 5.41) is 13.3. The van der Waals surface area contributed by atoms with Gasteiger partial charge in [0.1, 0.15) is 12.6 Å². The number of nitrogens with one attached hydrogen (secondary N) is 2. The van der Waals surface area contributed by atoms with Crippen molar-refractivity contribution in [3.8, 4) is 11.1 Å². The van der Waals surface area contributed by atoms with Crippen LogP contribution in [-0.2, 0) is 9.59 Å². The highest BCUT2D eigenvalue weighted by atomic mass is 16.4. The molecule has 2 aromatic carbocycles. The summed E-state index contributed by atoms with van der Waals surface area (Å²) in [5.41, 5.74) is 2.50. The van der Waals surface area contributed by atoms with Crippen molar-refractivity contribution in [1.82, 2.24) is 10.6 Å². The molecule has 26 heavy (non-hydrogen) atoms. The second-order valence-corrected chi connectivity index (χ2v) is 5.91. The van der Waals surface area contributed by atoms with Crippen LogP contribution in [0.4, 0.5) is 0 Å². The van der Waals surface area contributed by atoms with Crippen molar-refractivity contribution in [1.29, 1.82) is 0 Å². The summed E-state index contributed by atoms with van der Waals surface area (Å²) < 4.78 is 0. The Bertz CT molecular complexity index is 935. The predicted molar refractivity (Wildman–Crippen MR) is 92.9 cm³/mol. The van der Waals surface area contributed by atoms with Crippen molar-refractivity contribution < 1.29 is 24.3 Å². The number of ketones is 1. The Balaban J connectivity index is 1.86. The molecule has 3 rings (SSSR count). The third-order valence-corrected chi connectivity index (χ3v) is 4.15. The van der Waals surface area contributed by atoms with Crippen LogP contribution >= 0.6 is 0 Å². The van der Waals surface area contributed by atoms with E-state index in [9.17, 15) is 19.2 Å². The number of benzene rings is 2. The average molecular weight is 352 g/mol. The molecule has 132 valence electrons. The van der Waals surface area contributed by atoms with Crippen LogP contribution in [0.5, 0.6) is 0 Å². The number of hydrogen-bond acceptors (Lipinski definition) is 4. The Morgan fingerprint density at radius 1 is 1.00 bits per heavy atom. The summed E-state index contributed by atoms with van der Waals surface area (Å²) in [5.74, 6) is -2.43. The lowest BCUT2D eigenvalue weighted by atomic mass is 9.98. The first kappa shape index (κ1) is 17.3. The number of aliphatic carboxylic acids is 1. The highest BCUT2D eigenvalue weighted by Gasteiger charge is 2.30. The molecule has 0 bridgehead atoms. The maximum atomic E-state index is 12.7. The number of fused-ring (bicyclic) bond motifs is 3. The molecule has 0 heterocycles. The number of hydrogen-bond donors (Lipinski definition) is 3. The minimum atomic E-state index is -1.17. The molecule has 0 spiro atoms. The van der Waals surface area contributed by atoms with E-state index in [2.05, 4.69) is 10.6 Å². The van der Waals surface area contributed by atoms with Gasteiger partial charge in [0, 0.05) is 22.3 Å². The van der Waals surface area contributed by atoms with E-state index in [0.717, 1.165) is 0 Å². The molecular weight excluding hydrogens is 336 g/mol. The van der Waals surface area contributed by atoms with Crippen LogP contribution in [0.3, 0.4) is 0 Å². The number of rotatable bonds is 5. The van der Waals surface area contributed by atoms with Gasteiger partial charge in [-0.25, -0.2) is 0 Å². The Morgan fingerprint density at radius 3 is 2.35 bits per heavy atom. The van der Waals surface area contributed by atoms with Gasteiger partial charge in [0.25, 0.3) is 5.91 Å². The van der Waals surface area contributed by atoms with Crippen LogP contribution in [0.25, 0.3) is 11.1 Å². The molecule has 0 aromatic heterocycles. The summed E-state index contributed by atoms with van der Waals surface area (Å²) >= 11 is 0. The van der Waals surface area contributed by atoms with Gasteiger partial charge in [-0.3, -0.25) is 19.2 Å². The van der Waals surface area contributed by atoms with E-state index in [0.29, 0.717) is 27.8 Å². The van der Waals surface area contributed by atoms with Crippen LogP contribution in [0.1, 0.15) is 33.2 Å². The van der Waals surface area contributed by atoms with Crippen LogP contribution < -0.4 is 10.6 Å². The molecule has 1 aliphatic rings. The van der Waals surface area contributed by atoms with Crippen molar-refractivity contribution in [2.24, 2.45) is 0 Å². The lowest BCUT2D eigenvalue weighted by Gasteiger charge is -2.15. The molecule has 7 nitrogen and oxygen atoms in total. The van der Waals surface area contributed by atoms with Crippen molar-refractivity contribution in [3.63, 3.8) is 0 Å². The Hall–Kier alpha value is -3.48. The fourth-order valence-corrected chi connectivity index (χ4v) is 2.92. The first-order valence-electron chi connectivity index (χ1n) is 7.97. The van der Waals surface area contributed by atoms with Crippen molar-refractivity contribution in [3.05, 3.63) is 59.2 Å². The zero-order valence-electron chi connectivity index (χ0n) is 13.9. The van der Waals surface area contributed by atoms with Crippen molar-refractivity contribution in [2.45, 2.75) is 13.0 Å². The van der Waals surface area contributed by atoms with Crippen molar-refractivity contribution in [2.75, 3.05) is 6.54 Å². The van der Waals surface area contributed by atoms with E-state index in [-0.39, 0.29) is 5.78 Å². The lowest BCUT2D eigenvalue weighted by Crippen LogP contribution is -2.46. The summed E-state index contributed by atoms with van der Waals surface area (Å²) in [7, 11) is 0. The van der Waals surface area contributed by atoms with Gasteiger partial charge < -0.3 is 15.7 Å². The van der Waals surface area contributed by atoms with E-state index in [1.54, 1.807) is 42.5 Å². The second kappa shape index (κ2) is 6.79. The summed E-state index contributed by atoms with van der Waals surface area (Å²) in [4.78, 5) is 47.5. The Morgan fingerprint density at radius 2 is 1.65 bits per heavy atom. The maximum Gasteiger partial charge on any atom is 0.322 e. The fourth-order valence-electron chi connectivity index (χ4n) is 2.92. The van der Waals surface area contributed by atoms with Gasteiger partial charge in [0.2, 0.25) is 5.91 Å². The molecule has 7 heteroatoms. The highest BCUT2D eigenvalue weighted by Crippen LogP contribution is 2.38. The summed E-state index contributed by atoms with van der Waals surface area (Å²) in [6.45, 7) is 0.930. The highest BCUT2D eigenvalue weighted by molar-refractivity contribution is 6.24. The SMILES string of the molecule is CC(NC(=O)c1cccc2c1-c1ccccc1C2=O)C(=O)NCC(=O)O. The topological polar surface area (TPSA) is 113 Å². The monoisotopic (exact) mass is 352 g/mol. The van der Waals surface area contributed by atoms with Crippen LogP contribution in [-0.4, -0.2) is 41.3 Å². The Kier molecular flexibility index (Phi) is 4.53. The summed E-state index contributed by atoms with van der Waals surface area (Å²) in [6, 6.07) is 11.0. The molecule has 0 aliphatic heterocycles. The molecule has 2 aromatic rings. The van der Waals surface area contributed by atoms with E-state index in [4.69, 9.17) is 5.11 Å². The Labute approximate surface area is 149 Å². The zero-order chi connectivity index (χ0) is 18.8. The predicted octanol–water partition coefficient (Wildman–Crippen LogP) is 1.22. The first-order valence-corrected chi connectivity index (χ1v) is 7.97. The largest absolute Gasteiger partial charge is 0.480 e. The smallest absolute Gasteiger partial charge is 0.322 e. The molecule has 1 aliphatic carbocycles. The van der Waals surface area contributed by atoms with Gasteiger partial charge in [0.15, 0.2) is 5.78 Å². The van der Waals surface area contributed by atoms with E-state index >= 15 is 0 Å². The third-order valence-electron chi connectivity index (χ3n) is 4.15. The molecule has 2 amide bonds. The van der Waals surface area contributed by atoms with E-state index in [1.807, 2.05) is 0 Å². The molecule has 1 atom stereocenters. The third kappa shape index (κ3) is 3.06. The standard InChI is InChI=1S/C19H16N2O5/c1-10(18(25)20-9-15(22)23)21-19(26)14-8-4-7-13-16(14)11-5-2-3-6-12(11)17(13)24/h2-8,10H,9H2,1H3,(H,20,25)(H,21,26)(H,22,23). The van der Waals surface area contributed by atoms with Gasteiger partial charge in [-0.15, -0.1) is 0 Å². The van der Waals surface area contributed by atoms with Crippen LogP contribution in [0.2, 0.25) is 0 Å². The van der Waals surface area contributed by atoms with Gasteiger partial charge in [0.05, 0.1) is 0 Å². The van der Waals surface area contributed by atoms with Gasteiger partial charge in [-0.1, -0.05) is 36.4 Å². The fraction of sp³-hybridized carbons (Fsp3) is 0.158.